The lowest BCUT2D eigenvalue weighted by molar-refractivity contribution is 0.186. The Balaban J connectivity index is 1.25. The van der Waals surface area contributed by atoms with Gasteiger partial charge in [0.1, 0.15) is 0 Å². The van der Waals surface area contributed by atoms with Crippen LogP contribution in [0.3, 0.4) is 0 Å². The van der Waals surface area contributed by atoms with Gasteiger partial charge in [-0.25, -0.2) is 8.78 Å². The molecular weight excluding hydrogens is 402 g/mol. The largest absolute Gasteiger partial charge is 0.204 e. The van der Waals surface area contributed by atoms with Crippen molar-refractivity contribution in [3.8, 4) is 0 Å². The van der Waals surface area contributed by atoms with Crippen molar-refractivity contribution in [2.45, 2.75) is 82.8 Å². The van der Waals surface area contributed by atoms with Crippen LogP contribution in [0.25, 0.3) is 0 Å². The van der Waals surface area contributed by atoms with Gasteiger partial charge >= 0.3 is 0 Å². The van der Waals surface area contributed by atoms with E-state index < -0.39 is 19.7 Å². The molecule has 0 nitrogen and oxygen atoms in total. The summed E-state index contributed by atoms with van der Waals surface area (Å²) < 4.78 is 26.6. The minimum absolute atomic E-state index is 0.711. The highest BCUT2D eigenvalue weighted by atomic mass is 28.3. The van der Waals surface area contributed by atoms with Crippen molar-refractivity contribution in [2.24, 2.45) is 17.8 Å². The number of benzene rings is 2. The van der Waals surface area contributed by atoms with Crippen LogP contribution >= 0.6 is 0 Å². The molecule has 0 atom stereocenters. The smallest absolute Gasteiger partial charge is 0.159 e. The fourth-order valence-corrected chi connectivity index (χ4v) is 12.0. The second-order valence-corrected chi connectivity index (χ2v) is 14.9. The van der Waals surface area contributed by atoms with Crippen molar-refractivity contribution in [3.63, 3.8) is 0 Å². The molecule has 1 heterocycles. The summed E-state index contributed by atoms with van der Waals surface area (Å²) in [5.41, 5.74) is 0.937. The highest BCUT2D eigenvalue weighted by Gasteiger charge is 2.40. The van der Waals surface area contributed by atoms with E-state index in [1.807, 2.05) is 0 Å². The van der Waals surface area contributed by atoms with Crippen LogP contribution in [-0.4, -0.2) is 8.07 Å². The number of rotatable bonds is 7. The molecule has 0 aromatic heterocycles. The van der Waals surface area contributed by atoms with E-state index in [2.05, 4.69) is 37.3 Å². The van der Waals surface area contributed by atoms with Crippen LogP contribution in [-0.2, 0) is 6.42 Å². The summed E-state index contributed by atoms with van der Waals surface area (Å²) in [6.07, 6.45) is 11.6. The van der Waals surface area contributed by atoms with E-state index in [4.69, 9.17) is 0 Å². The molecule has 1 aliphatic heterocycles. The lowest BCUT2D eigenvalue weighted by Gasteiger charge is -2.43. The minimum Gasteiger partial charge on any atom is -0.204 e. The Bertz CT molecular complexity index is 818. The molecule has 0 amide bonds. The van der Waals surface area contributed by atoms with Crippen LogP contribution in [0.4, 0.5) is 8.78 Å². The third-order valence-electron chi connectivity index (χ3n) is 8.49. The Hall–Kier alpha value is -1.48. The topological polar surface area (TPSA) is 0 Å². The summed E-state index contributed by atoms with van der Waals surface area (Å²) in [6.45, 7) is 2.37. The molecule has 0 N–H and O–H groups in total. The van der Waals surface area contributed by atoms with Crippen LogP contribution in [0.5, 0.6) is 0 Å². The quantitative estimate of drug-likeness (QED) is 0.384. The summed E-state index contributed by atoms with van der Waals surface area (Å²) in [5.74, 6) is 1.16. The normalized spacial score (nSPS) is 29.1. The van der Waals surface area contributed by atoms with Crippen molar-refractivity contribution in [3.05, 3.63) is 65.7 Å². The van der Waals surface area contributed by atoms with E-state index in [0.29, 0.717) is 0 Å². The van der Waals surface area contributed by atoms with Gasteiger partial charge in [0.05, 0.1) is 8.07 Å². The van der Waals surface area contributed by atoms with Crippen LogP contribution < -0.4 is 5.19 Å². The maximum Gasteiger partial charge on any atom is 0.159 e. The second kappa shape index (κ2) is 10.4. The van der Waals surface area contributed by atoms with E-state index in [1.54, 1.807) is 11.3 Å². The van der Waals surface area contributed by atoms with Crippen molar-refractivity contribution < 1.29 is 8.78 Å². The van der Waals surface area contributed by atoms with Gasteiger partial charge in [0, 0.05) is 0 Å². The molecule has 3 heteroatoms. The minimum atomic E-state index is -1.29. The highest BCUT2D eigenvalue weighted by molar-refractivity contribution is 6.92. The predicted octanol–water partition coefficient (Wildman–Crippen LogP) is 7.88. The fourth-order valence-electron chi connectivity index (χ4n) is 6.63. The molecule has 0 radical (unpaired) electrons. The molecule has 1 saturated carbocycles. The van der Waals surface area contributed by atoms with Crippen LogP contribution in [0.2, 0.25) is 18.1 Å². The zero-order valence-electron chi connectivity index (χ0n) is 19.1. The molecule has 2 aromatic carbocycles. The van der Waals surface area contributed by atoms with Gasteiger partial charge in [-0.2, -0.15) is 0 Å². The number of hydrogen-bond acceptors (Lipinski definition) is 0. The van der Waals surface area contributed by atoms with Gasteiger partial charge < -0.3 is 0 Å². The lowest BCUT2D eigenvalue weighted by atomic mass is 9.73. The van der Waals surface area contributed by atoms with Gasteiger partial charge in [-0.05, 0) is 61.1 Å². The third kappa shape index (κ3) is 5.48. The maximum atomic E-state index is 13.4. The molecule has 2 fully saturated rings. The summed E-state index contributed by atoms with van der Waals surface area (Å²) in [5, 5.41) is 1.70. The molecule has 0 bridgehead atoms. The Morgan fingerprint density at radius 3 is 2.13 bits per heavy atom. The molecule has 1 aliphatic carbocycles. The predicted molar refractivity (Wildman–Crippen MR) is 129 cm³/mol. The number of hydrogen-bond donors (Lipinski definition) is 0. The van der Waals surface area contributed by atoms with E-state index >= 15 is 0 Å². The fraction of sp³-hybridized carbons (Fsp3) is 0.571. The molecule has 31 heavy (non-hydrogen) atoms. The zero-order chi connectivity index (χ0) is 21.7. The molecule has 2 aliphatic rings. The third-order valence-corrected chi connectivity index (χ3v) is 14.0. The summed E-state index contributed by atoms with van der Waals surface area (Å²) >= 11 is 0. The zero-order valence-corrected chi connectivity index (χ0v) is 20.1. The second-order valence-electron chi connectivity index (χ2n) is 10.3. The van der Waals surface area contributed by atoms with Gasteiger partial charge in [-0.15, -0.1) is 0 Å². The van der Waals surface area contributed by atoms with Crippen LogP contribution in [0.1, 0.15) is 63.9 Å². The Kier molecular flexibility index (Phi) is 7.63. The maximum absolute atomic E-state index is 13.4. The van der Waals surface area contributed by atoms with E-state index in [9.17, 15) is 8.78 Å². The molecular formula is C28H38F2Si. The molecule has 168 valence electrons. The molecule has 0 spiro atoms. The average molecular weight is 441 g/mol. The average Bonchev–Trinajstić information content (AvgIpc) is 2.81. The highest BCUT2D eigenvalue weighted by Crippen LogP contribution is 2.44. The monoisotopic (exact) mass is 440 g/mol. The van der Waals surface area contributed by atoms with Crippen LogP contribution in [0, 0.1) is 29.4 Å². The van der Waals surface area contributed by atoms with Crippen molar-refractivity contribution >= 4 is 13.3 Å². The molecule has 4 rings (SSSR count). The van der Waals surface area contributed by atoms with Gasteiger partial charge in [-0.3, -0.25) is 0 Å². The van der Waals surface area contributed by atoms with Crippen molar-refractivity contribution in [2.75, 3.05) is 0 Å². The van der Waals surface area contributed by atoms with Gasteiger partial charge in [0.25, 0.3) is 0 Å². The van der Waals surface area contributed by atoms with Gasteiger partial charge in [0.2, 0.25) is 0 Å². The molecule has 0 unspecified atom stereocenters. The van der Waals surface area contributed by atoms with E-state index in [-0.39, 0.29) is 0 Å². The standard InChI is InChI=1S/C28H38F2Si/c1-2-18-31(26-6-4-3-5-7-26)19-16-25(17-20-31)24-13-10-22(11-14-24)8-9-23-12-15-27(29)28(30)21-23/h3-7,12,15,21-22,24-25H,2,8-11,13-14,16-20H2,1H3. The molecule has 1 saturated heterocycles. The van der Waals surface area contributed by atoms with Crippen molar-refractivity contribution in [1.82, 2.24) is 0 Å². The summed E-state index contributed by atoms with van der Waals surface area (Å²) in [6, 6.07) is 20.3. The van der Waals surface area contributed by atoms with Crippen molar-refractivity contribution in [1.29, 1.82) is 0 Å². The first-order valence-electron chi connectivity index (χ1n) is 12.6. The number of aryl methyl sites for hydroxylation is 1. The first kappa shape index (κ1) is 22.7. The van der Waals surface area contributed by atoms with Gasteiger partial charge in [0.15, 0.2) is 11.6 Å². The van der Waals surface area contributed by atoms with E-state index in [0.717, 1.165) is 36.2 Å². The van der Waals surface area contributed by atoms with E-state index in [1.165, 1.54) is 75.2 Å². The number of halogens is 2. The summed E-state index contributed by atoms with van der Waals surface area (Å²) in [7, 11) is -1.29. The Morgan fingerprint density at radius 2 is 1.48 bits per heavy atom. The molecule has 2 aromatic rings. The Labute approximate surface area is 188 Å². The summed E-state index contributed by atoms with van der Waals surface area (Å²) in [4.78, 5) is 0. The lowest BCUT2D eigenvalue weighted by Crippen LogP contribution is -2.50. The van der Waals surface area contributed by atoms with Crippen LogP contribution in [0.15, 0.2) is 48.5 Å². The van der Waals surface area contributed by atoms with Gasteiger partial charge in [-0.1, -0.05) is 98.7 Å². The Morgan fingerprint density at radius 1 is 0.806 bits per heavy atom. The first-order valence-corrected chi connectivity index (χ1v) is 15.2. The first-order chi connectivity index (χ1) is 15.1. The SMILES string of the molecule is CCC[Si]1(c2ccccc2)CCC(C2CCC(CCc3ccc(F)c(F)c3)CC2)CC1.